The van der Waals surface area contributed by atoms with Gasteiger partial charge < -0.3 is 15.5 Å². The minimum atomic E-state index is -1.38. The summed E-state index contributed by atoms with van der Waals surface area (Å²) in [5.74, 6) is -0.432. The Bertz CT molecular complexity index is 417. The molecule has 0 aliphatic heterocycles. The first-order valence-electron chi connectivity index (χ1n) is 7.12. The van der Waals surface area contributed by atoms with E-state index in [2.05, 4.69) is 5.32 Å². The molecular formula is C16H25NO3. The van der Waals surface area contributed by atoms with E-state index in [1.54, 1.807) is 6.92 Å². The van der Waals surface area contributed by atoms with Crippen LogP contribution in [0.3, 0.4) is 0 Å². The van der Waals surface area contributed by atoms with Crippen molar-refractivity contribution in [1.82, 2.24) is 5.32 Å². The number of aliphatic hydroxyl groups excluding tert-OH is 1. The summed E-state index contributed by atoms with van der Waals surface area (Å²) in [7, 11) is 0. The van der Waals surface area contributed by atoms with Crippen LogP contribution in [-0.2, 0) is 11.2 Å². The van der Waals surface area contributed by atoms with Gasteiger partial charge in [-0.2, -0.15) is 0 Å². The molecule has 0 aliphatic rings. The summed E-state index contributed by atoms with van der Waals surface area (Å²) < 4.78 is 0. The zero-order valence-electron chi connectivity index (χ0n) is 12.5. The number of aliphatic hydroxyl groups is 2. The number of amides is 1. The lowest BCUT2D eigenvalue weighted by Gasteiger charge is -2.26. The Kier molecular flexibility index (Phi) is 6.17. The summed E-state index contributed by atoms with van der Waals surface area (Å²) in [6, 6.07) is 9.21. The Labute approximate surface area is 120 Å². The molecule has 3 unspecified atom stereocenters. The molecule has 4 nitrogen and oxygen atoms in total. The predicted octanol–water partition coefficient (Wildman–Crippen LogP) is 1.65. The number of hydrogen-bond donors (Lipinski definition) is 3. The molecule has 0 aliphatic carbocycles. The second kappa shape index (κ2) is 7.41. The van der Waals surface area contributed by atoms with Gasteiger partial charge in [0.2, 0.25) is 0 Å². The average Bonchev–Trinajstić information content (AvgIpc) is 2.39. The molecule has 112 valence electrons. The average molecular weight is 279 g/mol. The zero-order valence-corrected chi connectivity index (χ0v) is 12.5. The normalized spacial score (nSPS) is 17.1. The summed E-state index contributed by atoms with van der Waals surface area (Å²) in [4.78, 5) is 11.9. The van der Waals surface area contributed by atoms with Gasteiger partial charge in [0, 0.05) is 6.42 Å². The lowest BCUT2D eigenvalue weighted by Crippen LogP contribution is -2.51. The highest BCUT2D eigenvalue weighted by molar-refractivity contribution is 5.84. The van der Waals surface area contributed by atoms with Crippen molar-refractivity contribution in [3.63, 3.8) is 0 Å². The molecule has 20 heavy (non-hydrogen) atoms. The minimum absolute atomic E-state index is 0.403. The Morgan fingerprint density at radius 2 is 1.95 bits per heavy atom. The number of carbonyl (C=O) groups is 1. The molecule has 0 heterocycles. The Hall–Kier alpha value is -1.39. The molecule has 1 rings (SSSR count). The summed E-state index contributed by atoms with van der Waals surface area (Å²) in [6.07, 6.45) is 0.915. The van der Waals surface area contributed by atoms with Gasteiger partial charge in [-0.25, -0.2) is 0 Å². The van der Waals surface area contributed by atoms with Crippen LogP contribution in [0.25, 0.3) is 0 Å². The number of rotatable bonds is 7. The van der Waals surface area contributed by atoms with Crippen molar-refractivity contribution in [3.8, 4) is 0 Å². The van der Waals surface area contributed by atoms with Crippen molar-refractivity contribution in [2.45, 2.75) is 57.8 Å². The van der Waals surface area contributed by atoms with E-state index < -0.39 is 23.7 Å². The lowest BCUT2D eigenvalue weighted by molar-refractivity contribution is -0.140. The predicted molar refractivity (Wildman–Crippen MR) is 79.3 cm³/mol. The molecule has 0 spiro atoms. The van der Waals surface area contributed by atoms with Crippen LogP contribution >= 0.6 is 0 Å². The molecular weight excluding hydrogens is 254 g/mol. The largest absolute Gasteiger partial charge is 0.391 e. The fraction of sp³-hybridized carbons (Fsp3) is 0.562. The molecule has 1 aromatic carbocycles. The smallest absolute Gasteiger partial charge is 0.251 e. The topological polar surface area (TPSA) is 69.6 Å². The summed E-state index contributed by atoms with van der Waals surface area (Å²) in [6.45, 7) is 5.16. The quantitative estimate of drug-likeness (QED) is 0.711. The highest BCUT2D eigenvalue weighted by atomic mass is 16.3. The summed E-state index contributed by atoms with van der Waals surface area (Å²) in [5, 5.41) is 22.8. The Balaban J connectivity index is 2.53. The molecule has 3 N–H and O–H groups in total. The summed E-state index contributed by atoms with van der Waals surface area (Å²) in [5.41, 5.74) is -0.364. The van der Waals surface area contributed by atoms with Gasteiger partial charge in [0.25, 0.3) is 5.91 Å². The third-order valence-electron chi connectivity index (χ3n) is 3.45. The van der Waals surface area contributed by atoms with Crippen LogP contribution in [0.2, 0.25) is 0 Å². The van der Waals surface area contributed by atoms with Crippen LogP contribution in [-0.4, -0.2) is 33.9 Å². The van der Waals surface area contributed by atoms with Gasteiger partial charge in [0.1, 0.15) is 5.60 Å². The van der Waals surface area contributed by atoms with Crippen LogP contribution in [0.1, 0.15) is 39.2 Å². The molecule has 0 saturated heterocycles. The number of hydrogen-bond acceptors (Lipinski definition) is 3. The van der Waals surface area contributed by atoms with E-state index in [0.717, 1.165) is 12.0 Å². The highest BCUT2D eigenvalue weighted by Gasteiger charge is 2.31. The third-order valence-corrected chi connectivity index (χ3v) is 3.45. The highest BCUT2D eigenvalue weighted by Crippen LogP contribution is 2.13. The number of carbonyl (C=O) groups excluding carboxylic acids is 1. The second-order valence-corrected chi connectivity index (χ2v) is 5.54. The van der Waals surface area contributed by atoms with Gasteiger partial charge in [-0.05, 0) is 25.8 Å². The fourth-order valence-corrected chi connectivity index (χ4v) is 2.09. The van der Waals surface area contributed by atoms with E-state index in [0.29, 0.717) is 12.8 Å². The zero-order chi connectivity index (χ0) is 15.2. The SMILES string of the molecule is CCCC(C)(O)C(=O)NC(C)C(O)Cc1ccccc1. The molecule has 0 aromatic heterocycles. The van der Waals surface area contributed by atoms with Crippen molar-refractivity contribution in [2.75, 3.05) is 0 Å². The first kappa shape index (κ1) is 16.7. The molecule has 0 bridgehead atoms. The van der Waals surface area contributed by atoms with Crippen LogP contribution in [0.5, 0.6) is 0 Å². The maximum Gasteiger partial charge on any atom is 0.251 e. The monoisotopic (exact) mass is 279 g/mol. The van der Waals surface area contributed by atoms with Gasteiger partial charge >= 0.3 is 0 Å². The van der Waals surface area contributed by atoms with Gasteiger partial charge in [-0.3, -0.25) is 4.79 Å². The molecule has 0 radical (unpaired) electrons. The maximum absolute atomic E-state index is 11.9. The second-order valence-electron chi connectivity index (χ2n) is 5.54. The van der Waals surface area contributed by atoms with Crippen LogP contribution < -0.4 is 5.32 Å². The van der Waals surface area contributed by atoms with E-state index in [-0.39, 0.29) is 0 Å². The van der Waals surface area contributed by atoms with Gasteiger partial charge in [0.05, 0.1) is 12.1 Å². The van der Waals surface area contributed by atoms with Crippen molar-refractivity contribution in [3.05, 3.63) is 35.9 Å². The molecule has 1 aromatic rings. The maximum atomic E-state index is 11.9. The van der Waals surface area contributed by atoms with Gasteiger partial charge in [0.15, 0.2) is 0 Å². The van der Waals surface area contributed by atoms with E-state index in [9.17, 15) is 15.0 Å². The molecule has 1 amide bonds. The molecule has 4 heteroatoms. The van der Waals surface area contributed by atoms with E-state index in [4.69, 9.17) is 0 Å². The van der Waals surface area contributed by atoms with Crippen molar-refractivity contribution < 1.29 is 15.0 Å². The molecule has 3 atom stereocenters. The van der Waals surface area contributed by atoms with Crippen molar-refractivity contribution >= 4 is 5.91 Å². The summed E-state index contributed by atoms with van der Waals surface area (Å²) >= 11 is 0. The van der Waals surface area contributed by atoms with Crippen molar-refractivity contribution in [2.24, 2.45) is 0 Å². The first-order valence-corrected chi connectivity index (χ1v) is 7.12. The van der Waals surface area contributed by atoms with E-state index >= 15 is 0 Å². The minimum Gasteiger partial charge on any atom is -0.391 e. The number of benzene rings is 1. The standard InChI is InChI=1S/C16H25NO3/c1-4-10-16(3,20)15(19)17-12(2)14(18)11-13-8-6-5-7-9-13/h5-9,12,14,18,20H,4,10-11H2,1-3H3,(H,17,19). The van der Waals surface area contributed by atoms with Gasteiger partial charge in [-0.1, -0.05) is 43.7 Å². The Morgan fingerprint density at radius 3 is 2.50 bits per heavy atom. The fourth-order valence-electron chi connectivity index (χ4n) is 2.09. The van der Waals surface area contributed by atoms with Crippen LogP contribution in [0, 0.1) is 0 Å². The third kappa shape index (κ3) is 4.94. The van der Waals surface area contributed by atoms with E-state index in [1.165, 1.54) is 6.92 Å². The van der Waals surface area contributed by atoms with Crippen molar-refractivity contribution in [1.29, 1.82) is 0 Å². The molecule has 0 fully saturated rings. The first-order chi connectivity index (χ1) is 9.36. The lowest BCUT2D eigenvalue weighted by atomic mass is 9.98. The van der Waals surface area contributed by atoms with Crippen LogP contribution in [0.15, 0.2) is 30.3 Å². The van der Waals surface area contributed by atoms with E-state index in [1.807, 2.05) is 37.3 Å². The van der Waals surface area contributed by atoms with Gasteiger partial charge in [-0.15, -0.1) is 0 Å². The molecule has 0 saturated carbocycles. The Morgan fingerprint density at radius 1 is 1.35 bits per heavy atom. The van der Waals surface area contributed by atoms with Crippen LogP contribution in [0.4, 0.5) is 0 Å². The number of nitrogens with one attached hydrogen (secondary N) is 1.